The average molecular weight is 310 g/mol. The van der Waals surface area contributed by atoms with Crippen molar-refractivity contribution in [1.29, 1.82) is 0 Å². The molecule has 3 rings (SSSR count). The van der Waals surface area contributed by atoms with Gasteiger partial charge in [-0.05, 0) is 37.5 Å². The standard InChI is InChI=1S/C16H20F2N2O2/c1-10(11-3-2-4-14(7-11)22-16(17)18)19-12-8-15(21)20(9-12)13-5-6-13/h2-4,7,10,12-13,16,19H,5-6,8-9H2,1H3/t10-,12-/m0/s1. The lowest BCUT2D eigenvalue weighted by atomic mass is 10.1. The first-order chi connectivity index (χ1) is 10.5. The third-order valence-electron chi connectivity index (χ3n) is 4.22. The first kappa shape index (κ1) is 15.2. The van der Waals surface area contributed by atoms with E-state index in [0.717, 1.165) is 24.9 Å². The van der Waals surface area contributed by atoms with Crippen LogP contribution in [0.25, 0.3) is 0 Å². The molecule has 120 valence electrons. The number of carbonyl (C=O) groups is 1. The summed E-state index contributed by atoms with van der Waals surface area (Å²) in [5, 5.41) is 3.41. The molecular weight excluding hydrogens is 290 g/mol. The van der Waals surface area contributed by atoms with Crippen LogP contribution in [-0.2, 0) is 4.79 Å². The van der Waals surface area contributed by atoms with Gasteiger partial charge in [0.05, 0.1) is 0 Å². The number of likely N-dealkylation sites (tertiary alicyclic amines) is 1. The Hall–Kier alpha value is -1.69. The van der Waals surface area contributed by atoms with Crippen molar-refractivity contribution in [2.24, 2.45) is 0 Å². The quantitative estimate of drug-likeness (QED) is 0.878. The van der Waals surface area contributed by atoms with E-state index in [4.69, 9.17) is 0 Å². The fourth-order valence-corrected chi connectivity index (χ4v) is 2.99. The summed E-state index contributed by atoms with van der Waals surface area (Å²) in [6.45, 7) is -0.120. The Morgan fingerprint density at radius 1 is 1.36 bits per heavy atom. The van der Waals surface area contributed by atoms with Crippen LogP contribution in [0.1, 0.15) is 37.8 Å². The molecule has 0 aromatic heterocycles. The van der Waals surface area contributed by atoms with E-state index in [0.29, 0.717) is 12.5 Å². The molecule has 1 aliphatic heterocycles. The number of hydrogen-bond acceptors (Lipinski definition) is 3. The van der Waals surface area contributed by atoms with Gasteiger partial charge in [0.2, 0.25) is 5.91 Å². The third kappa shape index (κ3) is 3.55. The van der Waals surface area contributed by atoms with Gasteiger partial charge in [-0.2, -0.15) is 8.78 Å². The molecule has 1 amide bonds. The highest BCUT2D eigenvalue weighted by molar-refractivity contribution is 5.80. The monoisotopic (exact) mass is 310 g/mol. The van der Waals surface area contributed by atoms with Crippen LogP contribution in [-0.4, -0.2) is 36.0 Å². The molecule has 22 heavy (non-hydrogen) atoms. The molecule has 1 heterocycles. The Balaban J connectivity index is 1.59. The number of alkyl halides is 2. The van der Waals surface area contributed by atoms with Crippen LogP contribution in [0.5, 0.6) is 5.75 Å². The molecule has 0 radical (unpaired) electrons. The Morgan fingerprint density at radius 3 is 2.82 bits per heavy atom. The molecule has 4 nitrogen and oxygen atoms in total. The SMILES string of the molecule is C[C@H](N[C@H]1CC(=O)N(C2CC2)C1)c1cccc(OC(F)F)c1. The minimum Gasteiger partial charge on any atom is -0.435 e. The van der Waals surface area contributed by atoms with Crippen molar-refractivity contribution in [3.05, 3.63) is 29.8 Å². The smallest absolute Gasteiger partial charge is 0.387 e. The maximum Gasteiger partial charge on any atom is 0.387 e. The van der Waals surface area contributed by atoms with Crippen LogP contribution >= 0.6 is 0 Å². The van der Waals surface area contributed by atoms with Gasteiger partial charge in [0, 0.05) is 31.1 Å². The lowest BCUT2D eigenvalue weighted by Gasteiger charge is -2.21. The minimum absolute atomic E-state index is 0.0295. The Labute approximate surface area is 128 Å². The third-order valence-corrected chi connectivity index (χ3v) is 4.22. The summed E-state index contributed by atoms with van der Waals surface area (Å²) in [5.41, 5.74) is 0.871. The fourth-order valence-electron chi connectivity index (χ4n) is 2.99. The normalized spacial score (nSPS) is 23.2. The van der Waals surface area contributed by atoms with Gasteiger partial charge in [-0.25, -0.2) is 0 Å². The second-order valence-corrected chi connectivity index (χ2v) is 6.02. The molecular formula is C16H20F2N2O2. The summed E-state index contributed by atoms with van der Waals surface area (Å²) < 4.78 is 29.0. The Morgan fingerprint density at radius 2 is 2.14 bits per heavy atom. The van der Waals surface area contributed by atoms with Gasteiger partial charge in [0.15, 0.2) is 0 Å². The Kier molecular flexibility index (Phi) is 4.29. The maximum absolute atomic E-state index is 12.3. The number of ether oxygens (including phenoxy) is 1. The van der Waals surface area contributed by atoms with Crippen molar-refractivity contribution in [2.45, 2.75) is 50.9 Å². The van der Waals surface area contributed by atoms with Gasteiger partial charge in [-0.1, -0.05) is 12.1 Å². The van der Waals surface area contributed by atoms with Crippen molar-refractivity contribution in [3.8, 4) is 5.75 Å². The van der Waals surface area contributed by atoms with E-state index in [-0.39, 0.29) is 23.7 Å². The molecule has 0 unspecified atom stereocenters. The highest BCUT2D eigenvalue weighted by Crippen LogP contribution is 2.31. The van der Waals surface area contributed by atoms with E-state index in [1.54, 1.807) is 12.1 Å². The number of nitrogens with zero attached hydrogens (tertiary/aromatic N) is 1. The van der Waals surface area contributed by atoms with Gasteiger partial charge >= 0.3 is 6.61 Å². The van der Waals surface area contributed by atoms with Gasteiger partial charge in [0.1, 0.15) is 5.75 Å². The van der Waals surface area contributed by atoms with Crippen LogP contribution in [0.3, 0.4) is 0 Å². The van der Waals surface area contributed by atoms with Crippen LogP contribution < -0.4 is 10.1 Å². The van der Waals surface area contributed by atoms with E-state index in [1.165, 1.54) is 6.07 Å². The number of benzene rings is 1. The predicted molar refractivity (Wildman–Crippen MR) is 77.8 cm³/mol. The summed E-state index contributed by atoms with van der Waals surface area (Å²) in [5.74, 6) is 0.366. The van der Waals surface area contributed by atoms with Crippen molar-refractivity contribution in [2.75, 3.05) is 6.54 Å². The molecule has 1 aromatic carbocycles. The highest BCUT2D eigenvalue weighted by Gasteiger charge is 2.39. The first-order valence-corrected chi connectivity index (χ1v) is 7.63. The molecule has 2 aliphatic rings. The van der Waals surface area contributed by atoms with Crippen LogP contribution in [0.4, 0.5) is 8.78 Å². The average Bonchev–Trinajstić information content (AvgIpc) is 3.23. The number of rotatable bonds is 6. The van der Waals surface area contributed by atoms with Gasteiger partial charge in [0.25, 0.3) is 0 Å². The highest BCUT2D eigenvalue weighted by atomic mass is 19.3. The summed E-state index contributed by atoms with van der Waals surface area (Å²) in [6.07, 6.45) is 2.73. The number of halogens is 2. The maximum atomic E-state index is 12.3. The zero-order chi connectivity index (χ0) is 15.7. The van der Waals surface area contributed by atoms with E-state index >= 15 is 0 Å². The molecule has 1 saturated heterocycles. The molecule has 0 spiro atoms. The first-order valence-electron chi connectivity index (χ1n) is 7.63. The molecule has 6 heteroatoms. The zero-order valence-corrected chi connectivity index (χ0v) is 12.5. The van der Waals surface area contributed by atoms with E-state index in [2.05, 4.69) is 10.1 Å². The second-order valence-electron chi connectivity index (χ2n) is 6.02. The molecule has 2 atom stereocenters. The summed E-state index contributed by atoms with van der Waals surface area (Å²) in [4.78, 5) is 13.9. The van der Waals surface area contributed by atoms with Crippen molar-refractivity contribution < 1.29 is 18.3 Å². The zero-order valence-electron chi connectivity index (χ0n) is 12.5. The van der Waals surface area contributed by atoms with Gasteiger partial charge < -0.3 is 15.0 Å². The predicted octanol–water partition coefficient (Wildman–Crippen LogP) is 2.70. The van der Waals surface area contributed by atoms with Crippen LogP contribution in [0, 0.1) is 0 Å². The largest absolute Gasteiger partial charge is 0.435 e. The van der Waals surface area contributed by atoms with Crippen molar-refractivity contribution >= 4 is 5.91 Å². The number of carbonyl (C=O) groups excluding carboxylic acids is 1. The van der Waals surface area contributed by atoms with Crippen molar-refractivity contribution in [1.82, 2.24) is 10.2 Å². The summed E-state index contributed by atoms with van der Waals surface area (Å²) in [7, 11) is 0. The molecule has 0 bridgehead atoms. The molecule has 1 saturated carbocycles. The van der Waals surface area contributed by atoms with Gasteiger partial charge in [-0.15, -0.1) is 0 Å². The van der Waals surface area contributed by atoms with Crippen LogP contribution in [0.2, 0.25) is 0 Å². The minimum atomic E-state index is -2.82. The number of nitrogens with one attached hydrogen (secondary N) is 1. The molecule has 1 N–H and O–H groups in total. The van der Waals surface area contributed by atoms with E-state index < -0.39 is 6.61 Å². The number of amides is 1. The second kappa shape index (κ2) is 6.20. The summed E-state index contributed by atoms with van der Waals surface area (Å²) in [6, 6.07) is 7.21. The lowest BCUT2D eigenvalue weighted by molar-refractivity contribution is -0.128. The van der Waals surface area contributed by atoms with Crippen molar-refractivity contribution in [3.63, 3.8) is 0 Å². The molecule has 1 aliphatic carbocycles. The van der Waals surface area contributed by atoms with Gasteiger partial charge in [-0.3, -0.25) is 4.79 Å². The molecule has 1 aromatic rings. The molecule has 2 fully saturated rings. The fraction of sp³-hybridized carbons (Fsp3) is 0.562. The number of hydrogen-bond donors (Lipinski definition) is 1. The lowest BCUT2D eigenvalue weighted by Crippen LogP contribution is -2.35. The van der Waals surface area contributed by atoms with E-state index in [1.807, 2.05) is 17.9 Å². The topological polar surface area (TPSA) is 41.6 Å². The summed E-state index contributed by atoms with van der Waals surface area (Å²) >= 11 is 0. The van der Waals surface area contributed by atoms with Crippen LogP contribution in [0.15, 0.2) is 24.3 Å². The van der Waals surface area contributed by atoms with E-state index in [9.17, 15) is 13.6 Å². The Bertz CT molecular complexity index is 549.